The zero-order valence-corrected chi connectivity index (χ0v) is 11.3. The third-order valence-electron chi connectivity index (χ3n) is 2.48. The average molecular weight is 317 g/mol. The lowest BCUT2D eigenvalue weighted by atomic mass is 10.2. The molecule has 1 heterocycles. The van der Waals surface area contributed by atoms with Crippen molar-refractivity contribution in [3.63, 3.8) is 0 Å². The molecule has 0 unspecified atom stereocenters. The average Bonchev–Trinajstić information content (AvgIpc) is 2.76. The summed E-state index contributed by atoms with van der Waals surface area (Å²) in [5.41, 5.74) is -0.147. The van der Waals surface area contributed by atoms with E-state index in [0.717, 1.165) is 0 Å². The van der Waals surface area contributed by atoms with Crippen LogP contribution < -0.4 is 4.72 Å². The van der Waals surface area contributed by atoms with Crippen LogP contribution >= 0.6 is 0 Å². The van der Waals surface area contributed by atoms with E-state index in [1.165, 1.54) is 6.07 Å². The summed E-state index contributed by atoms with van der Waals surface area (Å²) in [6, 6.07) is 2.25. The molecule has 0 aliphatic heterocycles. The van der Waals surface area contributed by atoms with Gasteiger partial charge in [-0.2, -0.15) is 5.10 Å². The number of carboxylic acids is 1. The topological polar surface area (TPSA) is 112 Å². The Morgan fingerprint density at radius 3 is 2.52 bits per heavy atom. The first-order valence-corrected chi connectivity index (χ1v) is 6.96. The van der Waals surface area contributed by atoms with E-state index in [1.54, 1.807) is 6.92 Å². The normalized spacial score (nSPS) is 11.4. The Balaban J connectivity index is 2.51. The van der Waals surface area contributed by atoms with Crippen LogP contribution in [0.15, 0.2) is 23.1 Å². The second-order valence-electron chi connectivity index (χ2n) is 4.12. The van der Waals surface area contributed by atoms with Crippen molar-refractivity contribution in [2.24, 2.45) is 0 Å². The molecule has 0 radical (unpaired) electrons. The van der Waals surface area contributed by atoms with Gasteiger partial charge in [-0.1, -0.05) is 0 Å². The lowest BCUT2D eigenvalue weighted by Crippen LogP contribution is -2.17. The molecule has 10 heteroatoms. The number of hydrogen-bond acceptors (Lipinski definition) is 4. The van der Waals surface area contributed by atoms with E-state index in [9.17, 15) is 22.0 Å². The van der Waals surface area contributed by atoms with Gasteiger partial charge < -0.3 is 5.11 Å². The highest BCUT2D eigenvalue weighted by Crippen LogP contribution is 2.22. The van der Waals surface area contributed by atoms with Gasteiger partial charge in [-0.05, 0) is 19.1 Å². The molecule has 1 aromatic heterocycles. The number of sulfonamides is 1. The Kier molecular flexibility index (Phi) is 3.64. The van der Waals surface area contributed by atoms with Crippen LogP contribution in [0.2, 0.25) is 0 Å². The quantitative estimate of drug-likeness (QED) is 0.791. The van der Waals surface area contributed by atoms with Crippen molar-refractivity contribution >= 4 is 21.8 Å². The fourth-order valence-corrected chi connectivity index (χ4v) is 2.65. The van der Waals surface area contributed by atoms with Gasteiger partial charge >= 0.3 is 5.97 Å². The van der Waals surface area contributed by atoms with Gasteiger partial charge in [0.15, 0.2) is 17.5 Å². The van der Waals surface area contributed by atoms with E-state index >= 15 is 0 Å². The molecule has 2 aromatic rings. The second-order valence-corrected chi connectivity index (χ2v) is 5.77. The van der Waals surface area contributed by atoms with Gasteiger partial charge in [-0.15, -0.1) is 0 Å². The van der Waals surface area contributed by atoms with E-state index in [0.29, 0.717) is 17.8 Å². The highest BCUT2D eigenvalue weighted by atomic mass is 32.2. The summed E-state index contributed by atoms with van der Waals surface area (Å²) in [5.74, 6) is -4.96. The molecular weight excluding hydrogens is 308 g/mol. The van der Waals surface area contributed by atoms with E-state index < -0.39 is 38.1 Å². The summed E-state index contributed by atoms with van der Waals surface area (Å²) in [5, 5.41) is 14.8. The van der Waals surface area contributed by atoms with Gasteiger partial charge in [0.05, 0.1) is 5.56 Å². The summed E-state index contributed by atoms with van der Waals surface area (Å²) in [4.78, 5) is 9.67. The summed E-state index contributed by atoms with van der Waals surface area (Å²) < 4.78 is 52.9. The minimum absolute atomic E-state index is 0.131. The Morgan fingerprint density at radius 2 is 2.00 bits per heavy atom. The molecule has 0 saturated carbocycles. The van der Waals surface area contributed by atoms with Crippen LogP contribution in [-0.4, -0.2) is 29.7 Å². The van der Waals surface area contributed by atoms with Crippen molar-refractivity contribution in [2.75, 3.05) is 4.72 Å². The fourth-order valence-electron chi connectivity index (χ4n) is 1.55. The molecule has 0 aliphatic rings. The lowest BCUT2D eigenvalue weighted by molar-refractivity contribution is 0.0696. The van der Waals surface area contributed by atoms with Crippen molar-refractivity contribution in [3.05, 3.63) is 41.1 Å². The lowest BCUT2D eigenvalue weighted by Gasteiger charge is -2.08. The summed E-state index contributed by atoms with van der Waals surface area (Å²) in [7, 11) is -4.52. The maximum absolute atomic E-state index is 13.6. The number of aromatic nitrogens is 2. The number of halogens is 2. The number of rotatable bonds is 4. The van der Waals surface area contributed by atoms with E-state index in [-0.39, 0.29) is 5.82 Å². The monoisotopic (exact) mass is 317 g/mol. The summed E-state index contributed by atoms with van der Waals surface area (Å²) >= 11 is 0. The Bertz CT molecular complexity index is 817. The molecule has 112 valence electrons. The molecule has 0 amide bonds. The number of aromatic amines is 1. The molecule has 0 aliphatic carbocycles. The maximum Gasteiger partial charge on any atom is 0.335 e. The van der Waals surface area contributed by atoms with Crippen LogP contribution in [0.25, 0.3) is 0 Å². The largest absolute Gasteiger partial charge is 0.478 e. The molecule has 3 N–H and O–H groups in total. The van der Waals surface area contributed by atoms with Crippen molar-refractivity contribution < 1.29 is 27.1 Å². The first-order chi connectivity index (χ1) is 9.70. The molecule has 0 spiro atoms. The summed E-state index contributed by atoms with van der Waals surface area (Å²) in [6.45, 7) is 1.61. The van der Waals surface area contributed by atoms with Gasteiger partial charge in [-0.3, -0.25) is 9.82 Å². The van der Waals surface area contributed by atoms with Crippen LogP contribution in [0.4, 0.5) is 14.6 Å². The number of nitrogens with one attached hydrogen (secondary N) is 2. The number of carboxylic acid groups (broad SMARTS) is 1. The third kappa shape index (κ3) is 2.99. The number of benzene rings is 1. The van der Waals surface area contributed by atoms with Crippen molar-refractivity contribution in [3.8, 4) is 0 Å². The van der Waals surface area contributed by atoms with Gasteiger partial charge in [0.1, 0.15) is 4.90 Å². The van der Waals surface area contributed by atoms with Gasteiger partial charge in [0.2, 0.25) is 0 Å². The van der Waals surface area contributed by atoms with Crippen molar-refractivity contribution in [2.45, 2.75) is 11.8 Å². The van der Waals surface area contributed by atoms with Crippen LogP contribution in [0, 0.1) is 18.6 Å². The van der Waals surface area contributed by atoms with Gasteiger partial charge in [-0.25, -0.2) is 22.0 Å². The predicted octanol–water partition coefficient (Wildman–Crippen LogP) is 1.50. The van der Waals surface area contributed by atoms with E-state index in [4.69, 9.17) is 5.11 Å². The molecule has 2 rings (SSSR count). The maximum atomic E-state index is 13.6. The Labute approximate surface area is 117 Å². The van der Waals surface area contributed by atoms with E-state index in [1.807, 2.05) is 4.72 Å². The SMILES string of the molecule is Cc1cc(NS(=O)(=O)c2cc(C(=O)O)cc(F)c2F)n[nH]1. The fraction of sp³-hybridized carbons (Fsp3) is 0.0909. The molecular formula is C11H9F2N3O4S. The molecule has 7 nitrogen and oxygen atoms in total. The number of hydrogen-bond donors (Lipinski definition) is 3. The number of anilines is 1. The smallest absolute Gasteiger partial charge is 0.335 e. The zero-order valence-electron chi connectivity index (χ0n) is 10.5. The zero-order chi connectivity index (χ0) is 15.8. The molecule has 0 fully saturated rings. The van der Waals surface area contributed by atoms with Crippen LogP contribution in [0.3, 0.4) is 0 Å². The number of aromatic carboxylic acids is 1. The highest BCUT2D eigenvalue weighted by molar-refractivity contribution is 7.92. The third-order valence-corrected chi connectivity index (χ3v) is 3.83. The first-order valence-electron chi connectivity index (χ1n) is 5.48. The molecule has 0 atom stereocenters. The minimum Gasteiger partial charge on any atom is -0.478 e. The van der Waals surface area contributed by atoms with Gasteiger partial charge in [0.25, 0.3) is 10.0 Å². The molecule has 0 saturated heterocycles. The second kappa shape index (κ2) is 5.13. The van der Waals surface area contributed by atoms with Crippen LogP contribution in [0.5, 0.6) is 0 Å². The number of carbonyl (C=O) groups is 1. The Hall–Kier alpha value is -2.49. The number of aryl methyl sites for hydroxylation is 1. The van der Waals surface area contributed by atoms with Crippen LogP contribution in [-0.2, 0) is 10.0 Å². The summed E-state index contributed by atoms with van der Waals surface area (Å²) in [6.07, 6.45) is 0. The Morgan fingerprint density at radius 1 is 1.33 bits per heavy atom. The first kappa shape index (κ1) is 14.9. The van der Waals surface area contributed by atoms with Gasteiger partial charge in [0, 0.05) is 11.8 Å². The van der Waals surface area contributed by atoms with E-state index in [2.05, 4.69) is 10.2 Å². The predicted molar refractivity (Wildman–Crippen MR) is 67.5 cm³/mol. The molecule has 21 heavy (non-hydrogen) atoms. The highest BCUT2D eigenvalue weighted by Gasteiger charge is 2.25. The number of nitrogens with zero attached hydrogens (tertiary/aromatic N) is 1. The molecule has 0 bridgehead atoms. The van der Waals surface area contributed by atoms with Crippen molar-refractivity contribution in [1.29, 1.82) is 0 Å². The standard InChI is InChI=1S/C11H9F2N3O4S/c1-5-2-9(15-14-5)16-21(19,20)8-4-6(11(17)18)3-7(12)10(8)13/h2-4H,1H3,(H,17,18)(H2,14,15,16). The van der Waals surface area contributed by atoms with Crippen molar-refractivity contribution in [1.82, 2.24) is 10.2 Å². The molecule has 1 aromatic carbocycles. The number of H-pyrrole nitrogens is 1. The minimum atomic E-state index is -4.52. The van der Waals surface area contributed by atoms with Crippen LogP contribution in [0.1, 0.15) is 16.1 Å².